The zero-order valence-electron chi connectivity index (χ0n) is 10.5. The number of aliphatic hydroxyl groups is 1. The molecule has 5 heteroatoms. The third-order valence-corrected chi connectivity index (χ3v) is 3.04. The van der Waals surface area contributed by atoms with Gasteiger partial charge in [-0.05, 0) is 18.2 Å². The lowest BCUT2D eigenvalue weighted by Gasteiger charge is -2.09. The first-order chi connectivity index (χ1) is 9.75. The highest BCUT2D eigenvalue weighted by atomic mass is 19.1. The zero-order chi connectivity index (χ0) is 13.9. The second-order valence-corrected chi connectivity index (χ2v) is 4.35. The molecule has 2 heterocycles. The number of nitrogens with zero attached hydrogens (tertiary/aromatic N) is 3. The molecule has 4 nitrogen and oxygen atoms in total. The van der Waals surface area contributed by atoms with Crippen molar-refractivity contribution in [3.8, 4) is 5.69 Å². The first-order valence-electron chi connectivity index (χ1n) is 6.13. The van der Waals surface area contributed by atoms with Crippen LogP contribution in [0.4, 0.5) is 4.39 Å². The summed E-state index contributed by atoms with van der Waals surface area (Å²) in [6.45, 7) is 0. The van der Waals surface area contributed by atoms with Crippen LogP contribution in [0.25, 0.3) is 5.69 Å². The standard InChI is InChI=1S/C15H12FN3O/c16-14-9-17-7-6-13(14)15(20)11-8-18-19(10-11)12-4-2-1-3-5-12/h1-10,15,20H. The quantitative estimate of drug-likeness (QED) is 0.794. The van der Waals surface area contributed by atoms with Crippen molar-refractivity contribution in [2.75, 3.05) is 0 Å². The second-order valence-electron chi connectivity index (χ2n) is 4.35. The molecule has 1 unspecified atom stereocenters. The summed E-state index contributed by atoms with van der Waals surface area (Å²) in [5.74, 6) is -0.535. The molecule has 0 fully saturated rings. The van der Waals surface area contributed by atoms with E-state index in [4.69, 9.17) is 0 Å². The number of aromatic nitrogens is 3. The highest BCUT2D eigenvalue weighted by Gasteiger charge is 2.16. The number of para-hydroxylation sites is 1. The van der Waals surface area contributed by atoms with Crippen LogP contribution in [0, 0.1) is 5.82 Å². The summed E-state index contributed by atoms with van der Waals surface area (Å²) < 4.78 is 15.2. The monoisotopic (exact) mass is 269 g/mol. The Balaban J connectivity index is 1.93. The van der Waals surface area contributed by atoms with E-state index < -0.39 is 11.9 Å². The summed E-state index contributed by atoms with van der Waals surface area (Å²) in [6.07, 6.45) is 4.68. The molecular formula is C15H12FN3O. The lowest BCUT2D eigenvalue weighted by Crippen LogP contribution is -2.02. The van der Waals surface area contributed by atoms with Crippen LogP contribution in [-0.4, -0.2) is 19.9 Å². The molecule has 0 aliphatic heterocycles. The summed E-state index contributed by atoms with van der Waals surface area (Å²) in [7, 11) is 0. The van der Waals surface area contributed by atoms with Crippen LogP contribution in [0.5, 0.6) is 0 Å². The van der Waals surface area contributed by atoms with Crippen molar-refractivity contribution in [1.29, 1.82) is 0 Å². The Kier molecular flexibility index (Phi) is 3.26. The van der Waals surface area contributed by atoms with Crippen molar-refractivity contribution in [3.05, 3.63) is 78.1 Å². The highest BCUT2D eigenvalue weighted by molar-refractivity contribution is 5.33. The fourth-order valence-corrected chi connectivity index (χ4v) is 1.99. The smallest absolute Gasteiger partial charge is 0.147 e. The maximum atomic E-state index is 13.6. The van der Waals surface area contributed by atoms with Crippen LogP contribution < -0.4 is 0 Å². The predicted octanol–water partition coefficient (Wildman–Crippen LogP) is 2.49. The summed E-state index contributed by atoms with van der Waals surface area (Å²) in [5.41, 5.74) is 1.59. The van der Waals surface area contributed by atoms with Crippen LogP contribution >= 0.6 is 0 Å². The summed E-state index contributed by atoms with van der Waals surface area (Å²) >= 11 is 0. The summed E-state index contributed by atoms with van der Waals surface area (Å²) in [6, 6.07) is 11.0. The van der Waals surface area contributed by atoms with E-state index in [1.54, 1.807) is 10.9 Å². The number of hydrogen-bond donors (Lipinski definition) is 1. The Bertz CT molecular complexity index is 712. The van der Waals surface area contributed by atoms with E-state index in [0.717, 1.165) is 11.9 Å². The zero-order valence-corrected chi connectivity index (χ0v) is 10.5. The minimum Gasteiger partial charge on any atom is -0.383 e. The molecule has 1 atom stereocenters. The van der Waals surface area contributed by atoms with Crippen molar-refractivity contribution in [1.82, 2.24) is 14.8 Å². The van der Waals surface area contributed by atoms with E-state index >= 15 is 0 Å². The van der Waals surface area contributed by atoms with Crippen LogP contribution in [0.1, 0.15) is 17.2 Å². The lowest BCUT2D eigenvalue weighted by atomic mass is 10.1. The SMILES string of the molecule is OC(c1cnn(-c2ccccc2)c1)c1ccncc1F. The maximum Gasteiger partial charge on any atom is 0.147 e. The van der Waals surface area contributed by atoms with E-state index in [-0.39, 0.29) is 5.56 Å². The Labute approximate surface area is 115 Å². The Morgan fingerprint density at radius 2 is 1.90 bits per heavy atom. The van der Waals surface area contributed by atoms with Crippen LogP contribution in [0.2, 0.25) is 0 Å². The van der Waals surface area contributed by atoms with Gasteiger partial charge in [-0.25, -0.2) is 9.07 Å². The minimum absolute atomic E-state index is 0.188. The van der Waals surface area contributed by atoms with Crippen molar-refractivity contribution in [3.63, 3.8) is 0 Å². The molecule has 20 heavy (non-hydrogen) atoms. The Morgan fingerprint density at radius 3 is 2.65 bits per heavy atom. The van der Waals surface area contributed by atoms with Crippen LogP contribution in [0.15, 0.2) is 61.2 Å². The largest absolute Gasteiger partial charge is 0.383 e. The van der Waals surface area contributed by atoms with E-state index in [9.17, 15) is 9.50 Å². The van der Waals surface area contributed by atoms with Crippen molar-refractivity contribution < 1.29 is 9.50 Å². The second kappa shape index (κ2) is 5.22. The van der Waals surface area contributed by atoms with Gasteiger partial charge in [0.25, 0.3) is 0 Å². The molecule has 0 spiro atoms. The number of pyridine rings is 1. The third-order valence-electron chi connectivity index (χ3n) is 3.04. The van der Waals surface area contributed by atoms with Gasteiger partial charge in [-0.15, -0.1) is 0 Å². The molecule has 100 valence electrons. The average molecular weight is 269 g/mol. The molecule has 1 aromatic carbocycles. The predicted molar refractivity (Wildman–Crippen MR) is 71.8 cm³/mol. The van der Waals surface area contributed by atoms with Crippen LogP contribution in [0.3, 0.4) is 0 Å². The molecule has 0 saturated carbocycles. The van der Waals surface area contributed by atoms with Crippen molar-refractivity contribution >= 4 is 0 Å². The fourth-order valence-electron chi connectivity index (χ4n) is 1.99. The molecule has 0 saturated heterocycles. The molecule has 0 aliphatic carbocycles. The van der Waals surface area contributed by atoms with Gasteiger partial charge in [-0.2, -0.15) is 5.10 Å². The Hall–Kier alpha value is -2.53. The van der Waals surface area contributed by atoms with Gasteiger partial charge in [0.1, 0.15) is 11.9 Å². The molecule has 0 bridgehead atoms. The number of aliphatic hydroxyl groups excluding tert-OH is 1. The molecule has 0 amide bonds. The van der Waals surface area contributed by atoms with E-state index in [2.05, 4.69) is 10.1 Å². The van der Waals surface area contributed by atoms with Gasteiger partial charge in [-0.1, -0.05) is 18.2 Å². The van der Waals surface area contributed by atoms with Gasteiger partial charge in [-0.3, -0.25) is 4.98 Å². The van der Waals surface area contributed by atoms with Gasteiger partial charge in [0.15, 0.2) is 0 Å². The maximum absolute atomic E-state index is 13.6. The fraction of sp³-hybridized carbons (Fsp3) is 0.0667. The Morgan fingerprint density at radius 1 is 1.10 bits per heavy atom. The first kappa shape index (κ1) is 12.5. The summed E-state index contributed by atoms with van der Waals surface area (Å²) in [4.78, 5) is 3.67. The number of hydrogen-bond acceptors (Lipinski definition) is 3. The summed E-state index contributed by atoms with van der Waals surface area (Å²) in [5, 5.41) is 14.4. The van der Waals surface area contributed by atoms with Crippen molar-refractivity contribution in [2.45, 2.75) is 6.10 Å². The van der Waals surface area contributed by atoms with Gasteiger partial charge in [0.2, 0.25) is 0 Å². The van der Waals surface area contributed by atoms with E-state index in [0.29, 0.717) is 5.56 Å². The lowest BCUT2D eigenvalue weighted by molar-refractivity contribution is 0.214. The van der Waals surface area contributed by atoms with Crippen molar-refractivity contribution in [2.24, 2.45) is 0 Å². The van der Waals surface area contributed by atoms with E-state index in [1.165, 1.54) is 18.5 Å². The molecule has 0 aliphatic rings. The first-order valence-corrected chi connectivity index (χ1v) is 6.13. The van der Waals surface area contributed by atoms with Crippen LogP contribution in [-0.2, 0) is 0 Å². The number of benzene rings is 1. The van der Waals surface area contributed by atoms with Gasteiger partial charge in [0.05, 0.1) is 18.1 Å². The highest BCUT2D eigenvalue weighted by Crippen LogP contribution is 2.23. The third kappa shape index (κ3) is 2.31. The molecule has 3 aromatic rings. The van der Waals surface area contributed by atoms with Gasteiger partial charge >= 0.3 is 0 Å². The molecule has 2 aromatic heterocycles. The molecule has 1 N–H and O–H groups in total. The average Bonchev–Trinajstić information content (AvgIpc) is 2.98. The number of halogens is 1. The minimum atomic E-state index is -1.06. The molecule has 3 rings (SSSR count). The number of rotatable bonds is 3. The van der Waals surface area contributed by atoms with Gasteiger partial charge in [0, 0.05) is 23.5 Å². The normalized spacial score (nSPS) is 12.3. The van der Waals surface area contributed by atoms with E-state index in [1.807, 2.05) is 30.3 Å². The topological polar surface area (TPSA) is 50.9 Å². The van der Waals surface area contributed by atoms with Gasteiger partial charge < -0.3 is 5.11 Å². The molecule has 0 radical (unpaired) electrons. The molecular weight excluding hydrogens is 257 g/mol.